The van der Waals surface area contributed by atoms with Gasteiger partial charge in [-0.05, 0) is 43.9 Å². The molecule has 0 radical (unpaired) electrons. The quantitative estimate of drug-likeness (QED) is 0.707. The predicted molar refractivity (Wildman–Crippen MR) is 114 cm³/mol. The Hall–Kier alpha value is -2.62. The van der Waals surface area contributed by atoms with Gasteiger partial charge in [-0.25, -0.2) is 0 Å². The summed E-state index contributed by atoms with van der Waals surface area (Å²) < 4.78 is 0. The van der Waals surface area contributed by atoms with Gasteiger partial charge in [0.2, 0.25) is 11.8 Å². The molecule has 0 fully saturated rings. The number of carbonyl (C=O) groups excluding carboxylic acids is 2. The first-order valence-electron chi connectivity index (χ1n) is 10.1. The number of carbonyl (C=O) groups is 2. The molecule has 2 aromatic rings. The molecule has 0 heterocycles. The van der Waals surface area contributed by atoms with Crippen molar-refractivity contribution >= 4 is 11.8 Å². The van der Waals surface area contributed by atoms with Gasteiger partial charge in [0.1, 0.15) is 6.04 Å². The third kappa shape index (κ3) is 6.22. The minimum Gasteiger partial charge on any atom is -0.352 e. The van der Waals surface area contributed by atoms with E-state index in [0.717, 1.165) is 23.1 Å². The summed E-state index contributed by atoms with van der Waals surface area (Å²) in [6.45, 7) is 8.35. The first-order valence-corrected chi connectivity index (χ1v) is 10.1. The highest BCUT2D eigenvalue weighted by Gasteiger charge is 2.30. The molecule has 0 bridgehead atoms. The second-order valence-electron chi connectivity index (χ2n) is 7.57. The molecule has 2 amide bonds. The highest BCUT2D eigenvalue weighted by atomic mass is 16.2. The summed E-state index contributed by atoms with van der Waals surface area (Å²) in [6.07, 6.45) is 1.69. The number of aryl methyl sites for hydroxylation is 1. The van der Waals surface area contributed by atoms with E-state index in [2.05, 4.69) is 5.32 Å². The number of hydrogen-bond donors (Lipinski definition) is 1. The Bertz CT molecular complexity index is 771. The predicted octanol–water partition coefficient (Wildman–Crippen LogP) is 4.26. The summed E-state index contributed by atoms with van der Waals surface area (Å²) in [5, 5.41) is 3.01. The number of benzene rings is 2. The maximum absolute atomic E-state index is 13.1. The molecular formula is C24H32N2O2. The first kappa shape index (κ1) is 21.7. The fraction of sp³-hybridized carbons (Fsp3) is 0.417. The van der Waals surface area contributed by atoms with Gasteiger partial charge in [-0.15, -0.1) is 0 Å². The topological polar surface area (TPSA) is 49.4 Å². The first-order chi connectivity index (χ1) is 13.4. The zero-order chi connectivity index (χ0) is 20.5. The molecule has 0 aliphatic rings. The van der Waals surface area contributed by atoms with E-state index in [4.69, 9.17) is 0 Å². The molecule has 4 nitrogen and oxygen atoms in total. The van der Waals surface area contributed by atoms with Gasteiger partial charge in [0.25, 0.3) is 0 Å². The van der Waals surface area contributed by atoms with E-state index in [1.807, 2.05) is 82.3 Å². The van der Waals surface area contributed by atoms with E-state index in [-0.39, 0.29) is 17.9 Å². The van der Waals surface area contributed by atoms with E-state index in [0.29, 0.717) is 19.4 Å². The average Bonchev–Trinajstić information content (AvgIpc) is 2.66. The molecule has 1 atom stereocenters. The van der Waals surface area contributed by atoms with Crippen LogP contribution >= 0.6 is 0 Å². The van der Waals surface area contributed by atoms with Gasteiger partial charge < -0.3 is 10.2 Å². The Morgan fingerprint density at radius 1 is 1.00 bits per heavy atom. The summed E-state index contributed by atoms with van der Waals surface area (Å²) in [5.41, 5.74) is 3.24. The van der Waals surface area contributed by atoms with Crippen LogP contribution in [-0.4, -0.2) is 28.8 Å². The van der Waals surface area contributed by atoms with E-state index < -0.39 is 6.04 Å². The third-order valence-corrected chi connectivity index (χ3v) is 4.77. The molecule has 2 aromatic carbocycles. The van der Waals surface area contributed by atoms with Crippen LogP contribution in [0.2, 0.25) is 0 Å². The van der Waals surface area contributed by atoms with Crippen LogP contribution in [0.25, 0.3) is 0 Å². The molecule has 0 aliphatic carbocycles. The van der Waals surface area contributed by atoms with Crippen molar-refractivity contribution in [3.8, 4) is 0 Å². The number of nitrogens with one attached hydrogen (secondary N) is 1. The van der Waals surface area contributed by atoms with E-state index in [1.165, 1.54) is 0 Å². The Morgan fingerprint density at radius 2 is 1.64 bits per heavy atom. The van der Waals surface area contributed by atoms with Gasteiger partial charge in [-0.3, -0.25) is 9.59 Å². The van der Waals surface area contributed by atoms with Gasteiger partial charge >= 0.3 is 0 Å². The lowest BCUT2D eigenvalue weighted by Crippen LogP contribution is -2.51. The van der Waals surface area contributed by atoms with E-state index >= 15 is 0 Å². The summed E-state index contributed by atoms with van der Waals surface area (Å²) >= 11 is 0. The number of hydrogen-bond acceptors (Lipinski definition) is 2. The van der Waals surface area contributed by atoms with Crippen LogP contribution in [0.4, 0.5) is 0 Å². The van der Waals surface area contributed by atoms with E-state index in [1.54, 1.807) is 4.90 Å². The molecule has 2 rings (SSSR count). The molecule has 0 saturated heterocycles. The maximum atomic E-state index is 13.1. The molecule has 0 aliphatic heterocycles. The molecule has 0 aromatic heterocycles. The molecule has 1 N–H and O–H groups in total. The zero-order valence-electron chi connectivity index (χ0n) is 17.4. The second kappa shape index (κ2) is 10.6. The van der Waals surface area contributed by atoms with Crippen LogP contribution in [0.5, 0.6) is 0 Å². The summed E-state index contributed by atoms with van der Waals surface area (Å²) in [5.74, 6) is -0.0810. The lowest BCUT2D eigenvalue weighted by molar-refractivity contribution is -0.141. The van der Waals surface area contributed by atoms with Gasteiger partial charge in [-0.2, -0.15) is 0 Å². The van der Waals surface area contributed by atoms with Gasteiger partial charge in [0.05, 0.1) is 0 Å². The van der Waals surface area contributed by atoms with Crippen LogP contribution in [-0.2, 0) is 22.6 Å². The summed E-state index contributed by atoms with van der Waals surface area (Å²) in [6, 6.07) is 17.4. The highest BCUT2D eigenvalue weighted by molar-refractivity contribution is 5.88. The number of rotatable bonds is 9. The normalized spacial score (nSPS) is 11.9. The Labute approximate surface area is 169 Å². The largest absolute Gasteiger partial charge is 0.352 e. The van der Waals surface area contributed by atoms with Gasteiger partial charge in [0.15, 0.2) is 0 Å². The van der Waals surface area contributed by atoms with Crippen LogP contribution in [0.1, 0.15) is 50.3 Å². The monoisotopic (exact) mass is 380 g/mol. The SMILES string of the molecule is CCCC(=O)N(Cc1ccccc1C)[C@@H](Cc1ccccc1)C(=O)NC(C)C. The van der Waals surface area contributed by atoms with Crippen molar-refractivity contribution in [1.29, 1.82) is 0 Å². The lowest BCUT2D eigenvalue weighted by Gasteiger charge is -2.32. The molecular weight excluding hydrogens is 348 g/mol. The summed E-state index contributed by atoms with van der Waals surface area (Å²) in [4.78, 5) is 27.9. The van der Waals surface area contributed by atoms with Gasteiger partial charge in [0, 0.05) is 25.4 Å². The van der Waals surface area contributed by atoms with Crippen molar-refractivity contribution in [2.24, 2.45) is 0 Å². The molecule has 4 heteroatoms. The molecule has 150 valence electrons. The van der Waals surface area contributed by atoms with Crippen molar-refractivity contribution in [3.63, 3.8) is 0 Å². The molecule has 0 unspecified atom stereocenters. The Kier molecular flexibility index (Phi) is 8.24. The average molecular weight is 381 g/mol. The van der Waals surface area contributed by atoms with Crippen LogP contribution in [0.15, 0.2) is 54.6 Å². The second-order valence-corrected chi connectivity index (χ2v) is 7.57. The Morgan fingerprint density at radius 3 is 2.25 bits per heavy atom. The maximum Gasteiger partial charge on any atom is 0.243 e. The van der Waals surface area contributed by atoms with Crippen LogP contribution < -0.4 is 5.32 Å². The Balaban J connectivity index is 2.39. The zero-order valence-corrected chi connectivity index (χ0v) is 17.4. The van der Waals surface area contributed by atoms with Crippen molar-refractivity contribution in [2.45, 2.75) is 65.6 Å². The number of nitrogens with zero attached hydrogens (tertiary/aromatic N) is 1. The minimum absolute atomic E-state index is 0.0191. The molecule has 0 saturated carbocycles. The van der Waals surface area contributed by atoms with Crippen molar-refractivity contribution in [1.82, 2.24) is 10.2 Å². The van der Waals surface area contributed by atoms with Gasteiger partial charge in [-0.1, -0.05) is 61.5 Å². The molecule has 28 heavy (non-hydrogen) atoms. The fourth-order valence-corrected chi connectivity index (χ4v) is 3.26. The summed E-state index contributed by atoms with van der Waals surface area (Å²) in [7, 11) is 0. The van der Waals surface area contributed by atoms with E-state index in [9.17, 15) is 9.59 Å². The van der Waals surface area contributed by atoms with Crippen molar-refractivity contribution < 1.29 is 9.59 Å². The standard InChI is InChI=1S/C24H32N2O2/c1-5-11-23(27)26(17-21-15-10-9-12-19(21)4)22(24(28)25-18(2)3)16-20-13-7-6-8-14-20/h6-10,12-15,18,22H,5,11,16-17H2,1-4H3,(H,25,28)/t22-/m0/s1. The molecule has 0 spiro atoms. The smallest absolute Gasteiger partial charge is 0.243 e. The fourth-order valence-electron chi connectivity index (χ4n) is 3.26. The highest BCUT2D eigenvalue weighted by Crippen LogP contribution is 2.18. The van der Waals surface area contributed by atoms with Crippen molar-refractivity contribution in [3.05, 3.63) is 71.3 Å². The van der Waals surface area contributed by atoms with Crippen LogP contribution in [0.3, 0.4) is 0 Å². The van der Waals surface area contributed by atoms with Crippen molar-refractivity contribution in [2.75, 3.05) is 0 Å². The minimum atomic E-state index is -0.538. The number of amides is 2. The lowest BCUT2D eigenvalue weighted by atomic mass is 10.0. The van der Waals surface area contributed by atoms with Crippen LogP contribution in [0, 0.1) is 6.92 Å². The third-order valence-electron chi connectivity index (χ3n) is 4.77.